The Bertz CT molecular complexity index is 265. The van der Waals surface area contributed by atoms with E-state index in [1.54, 1.807) is 6.08 Å². The number of carbonyl (C=O) groups excluding carboxylic acids is 1. The summed E-state index contributed by atoms with van der Waals surface area (Å²) in [6.45, 7) is 5.10. The summed E-state index contributed by atoms with van der Waals surface area (Å²) in [4.78, 5) is 14.0. The minimum Gasteiger partial charge on any atom is -0.336 e. The van der Waals surface area contributed by atoms with Crippen molar-refractivity contribution in [2.75, 3.05) is 19.6 Å². The van der Waals surface area contributed by atoms with Gasteiger partial charge >= 0.3 is 0 Å². The van der Waals surface area contributed by atoms with Gasteiger partial charge in [-0.3, -0.25) is 4.79 Å². The maximum atomic E-state index is 11.9. The first kappa shape index (κ1) is 11.6. The van der Waals surface area contributed by atoms with Gasteiger partial charge in [-0.2, -0.15) is 0 Å². The van der Waals surface area contributed by atoms with Crippen LogP contribution in [0.1, 0.15) is 32.6 Å². The summed E-state index contributed by atoms with van der Waals surface area (Å²) in [5.74, 6) is 0.916. The molecule has 1 aliphatic carbocycles. The summed E-state index contributed by atoms with van der Waals surface area (Å²) in [6, 6.07) is 0.540. The van der Waals surface area contributed by atoms with Crippen LogP contribution in [0, 0.1) is 5.92 Å². The molecule has 0 bridgehead atoms. The molecule has 3 nitrogen and oxygen atoms in total. The predicted molar refractivity (Wildman–Crippen MR) is 65.1 cm³/mol. The van der Waals surface area contributed by atoms with Crippen LogP contribution in [0.5, 0.6) is 0 Å². The Kier molecular flexibility index (Phi) is 3.99. The van der Waals surface area contributed by atoms with E-state index in [0.29, 0.717) is 12.0 Å². The second-order valence-electron chi connectivity index (χ2n) is 4.92. The zero-order valence-corrected chi connectivity index (χ0v) is 10.1. The van der Waals surface area contributed by atoms with Crippen LogP contribution in [0.4, 0.5) is 0 Å². The molecule has 1 heterocycles. The van der Waals surface area contributed by atoms with E-state index in [2.05, 4.69) is 10.2 Å². The van der Waals surface area contributed by atoms with E-state index in [0.717, 1.165) is 19.6 Å². The second kappa shape index (κ2) is 5.48. The van der Waals surface area contributed by atoms with Crippen LogP contribution >= 0.6 is 0 Å². The zero-order chi connectivity index (χ0) is 11.4. The first-order valence-corrected chi connectivity index (χ1v) is 6.45. The Morgan fingerprint density at radius 2 is 2.00 bits per heavy atom. The van der Waals surface area contributed by atoms with Crippen molar-refractivity contribution in [3.63, 3.8) is 0 Å². The molecule has 0 unspecified atom stereocenters. The Labute approximate surface area is 97.9 Å². The van der Waals surface area contributed by atoms with Gasteiger partial charge in [0.15, 0.2) is 0 Å². The lowest BCUT2D eigenvalue weighted by molar-refractivity contribution is -0.127. The van der Waals surface area contributed by atoms with Crippen LogP contribution in [0.25, 0.3) is 0 Å². The zero-order valence-electron chi connectivity index (χ0n) is 10.1. The summed E-state index contributed by atoms with van der Waals surface area (Å²) in [5.41, 5.74) is 0. The molecule has 0 radical (unpaired) electrons. The third kappa shape index (κ3) is 3.08. The fourth-order valence-corrected chi connectivity index (χ4v) is 2.39. The molecule has 0 aromatic carbocycles. The van der Waals surface area contributed by atoms with E-state index in [4.69, 9.17) is 0 Å². The van der Waals surface area contributed by atoms with E-state index in [1.165, 1.54) is 25.7 Å². The third-order valence-electron chi connectivity index (χ3n) is 3.49. The first-order chi connectivity index (χ1) is 7.81. The Balaban J connectivity index is 1.88. The maximum Gasteiger partial charge on any atom is 0.246 e. The smallest absolute Gasteiger partial charge is 0.246 e. The quantitative estimate of drug-likeness (QED) is 0.732. The van der Waals surface area contributed by atoms with Gasteiger partial charge in [0, 0.05) is 12.6 Å². The van der Waals surface area contributed by atoms with Crippen molar-refractivity contribution >= 4 is 5.91 Å². The van der Waals surface area contributed by atoms with Gasteiger partial charge in [0.2, 0.25) is 5.91 Å². The van der Waals surface area contributed by atoms with Gasteiger partial charge in [-0.05, 0) is 57.7 Å². The summed E-state index contributed by atoms with van der Waals surface area (Å²) < 4.78 is 0. The number of nitrogens with one attached hydrogen (secondary N) is 1. The SMILES string of the molecule is CC=CC(=O)N(CC1CCNCC1)C1CC1. The lowest BCUT2D eigenvalue weighted by Crippen LogP contribution is -2.39. The summed E-state index contributed by atoms with van der Waals surface area (Å²) in [5, 5.41) is 3.37. The molecule has 0 atom stereocenters. The van der Waals surface area contributed by atoms with Gasteiger partial charge in [0.05, 0.1) is 0 Å². The molecule has 0 aromatic heterocycles. The average molecular weight is 222 g/mol. The molecule has 2 aliphatic rings. The van der Waals surface area contributed by atoms with Gasteiger partial charge in [-0.15, -0.1) is 0 Å². The molecule has 1 amide bonds. The average Bonchev–Trinajstić information content (AvgIpc) is 3.11. The largest absolute Gasteiger partial charge is 0.336 e. The van der Waals surface area contributed by atoms with E-state index in [9.17, 15) is 4.79 Å². The molecular weight excluding hydrogens is 200 g/mol. The van der Waals surface area contributed by atoms with Crippen LogP contribution in [0.3, 0.4) is 0 Å². The van der Waals surface area contributed by atoms with Crippen LogP contribution in [0.2, 0.25) is 0 Å². The molecule has 0 spiro atoms. The van der Waals surface area contributed by atoms with E-state index >= 15 is 0 Å². The summed E-state index contributed by atoms with van der Waals surface area (Å²) in [6.07, 6.45) is 8.39. The topological polar surface area (TPSA) is 32.3 Å². The molecule has 1 aliphatic heterocycles. The molecule has 2 rings (SSSR count). The van der Waals surface area contributed by atoms with Crippen molar-refractivity contribution < 1.29 is 4.79 Å². The highest BCUT2D eigenvalue weighted by Crippen LogP contribution is 2.29. The van der Waals surface area contributed by atoms with Crippen molar-refractivity contribution in [1.82, 2.24) is 10.2 Å². The van der Waals surface area contributed by atoms with Crippen LogP contribution < -0.4 is 5.32 Å². The van der Waals surface area contributed by atoms with Crippen molar-refractivity contribution in [2.24, 2.45) is 5.92 Å². The van der Waals surface area contributed by atoms with Gasteiger partial charge in [-0.1, -0.05) is 6.08 Å². The van der Waals surface area contributed by atoms with Gasteiger partial charge < -0.3 is 10.2 Å². The van der Waals surface area contributed by atoms with E-state index in [1.807, 2.05) is 13.0 Å². The molecule has 3 heteroatoms. The lowest BCUT2D eigenvalue weighted by atomic mass is 9.97. The molecule has 90 valence electrons. The fraction of sp³-hybridized carbons (Fsp3) is 0.769. The number of allylic oxidation sites excluding steroid dienone is 1. The van der Waals surface area contributed by atoms with Crippen molar-refractivity contribution in [3.05, 3.63) is 12.2 Å². The van der Waals surface area contributed by atoms with Gasteiger partial charge in [-0.25, -0.2) is 0 Å². The normalized spacial score (nSPS) is 22.6. The molecule has 1 saturated heterocycles. The Morgan fingerprint density at radius 1 is 1.31 bits per heavy atom. The fourth-order valence-electron chi connectivity index (χ4n) is 2.39. The van der Waals surface area contributed by atoms with Crippen molar-refractivity contribution in [3.8, 4) is 0 Å². The number of rotatable bonds is 4. The van der Waals surface area contributed by atoms with Crippen LogP contribution in [-0.4, -0.2) is 36.5 Å². The van der Waals surface area contributed by atoms with Gasteiger partial charge in [0.1, 0.15) is 0 Å². The third-order valence-corrected chi connectivity index (χ3v) is 3.49. The van der Waals surface area contributed by atoms with Gasteiger partial charge in [0.25, 0.3) is 0 Å². The van der Waals surface area contributed by atoms with E-state index in [-0.39, 0.29) is 5.91 Å². The molecule has 2 fully saturated rings. The highest BCUT2D eigenvalue weighted by Gasteiger charge is 2.33. The second-order valence-corrected chi connectivity index (χ2v) is 4.92. The predicted octanol–water partition coefficient (Wildman–Crippen LogP) is 1.55. The van der Waals surface area contributed by atoms with Crippen LogP contribution in [-0.2, 0) is 4.79 Å². The number of carbonyl (C=O) groups is 1. The summed E-state index contributed by atoms with van der Waals surface area (Å²) in [7, 11) is 0. The number of nitrogens with zero attached hydrogens (tertiary/aromatic N) is 1. The number of amides is 1. The highest BCUT2D eigenvalue weighted by molar-refractivity contribution is 5.88. The number of piperidine rings is 1. The number of hydrogen-bond donors (Lipinski definition) is 1. The van der Waals surface area contributed by atoms with E-state index < -0.39 is 0 Å². The maximum absolute atomic E-state index is 11.9. The molecule has 0 aromatic rings. The monoisotopic (exact) mass is 222 g/mol. The van der Waals surface area contributed by atoms with Crippen molar-refractivity contribution in [2.45, 2.75) is 38.6 Å². The number of hydrogen-bond acceptors (Lipinski definition) is 2. The van der Waals surface area contributed by atoms with Crippen molar-refractivity contribution in [1.29, 1.82) is 0 Å². The minimum atomic E-state index is 0.212. The summed E-state index contributed by atoms with van der Waals surface area (Å²) >= 11 is 0. The highest BCUT2D eigenvalue weighted by atomic mass is 16.2. The molecule has 1 N–H and O–H groups in total. The Morgan fingerprint density at radius 3 is 2.56 bits per heavy atom. The van der Waals surface area contributed by atoms with Crippen LogP contribution in [0.15, 0.2) is 12.2 Å². The standard InChI is InChI=1S/C13H22N2O/c1-2-3-13(16)15(12-4-5-12)10-11-6-8-14-9-7-11/h2-3,11-12,14H,4-10H2,1H3. The lowest BCUT2D eigenvalue weighted by Gasteiger charge is -2.29. The molecular formula is C13H22N2O. The molecule has 1 saturated carbocycles. The molecule has 16 heavy (non-hydrogen) atoms. The minimum absolute atomic E-state index is 0.212. The first-order valence-electron chi connectivity index (χ1n) is 6.45. The Hall–Kier alpha value is -0.830.